The third kappa shape index (κ3) is 3.50. The summed E-state index contributed by atoms with van der Waals surface area (Å²) in [6, 6.07) is 3.23. The lowest BCUT2D eigenvalue weighted by atomic mass is 10.3. The average molecular weight is 276 g/mol. The standard InChI is InChI=1S/C14H16N2O4/c1-16(14(18)12-4-8-20-10-12)6-2-5-15-13(17)11-3-7-19-9-11/h3-4,7-10H,2,5-6H2,1H3,(H,15,17). The van der Waals surface area contributed by atoms with E-state index in [9.17, 15) is 9.59 Å². The normalized spacial score (nSPS) is 10.2. The fourth-order valence-corrected chi connectivity index (χ4v) is 1.72. The molecule has 0 aliphatic carbocycles. The minimum atomic E-state index is -0.178. The van der Waals surface area contributed by atoms with Crippen LogP contribution < -0.4 is 5.32 Å². The van der Waals surface area contributed by atoms with Gasteiger partial charge in [0.2, 0.25) is 0 Å². The van der Waals surface area contributed by atoms with Crippen molar-refractivity contribution in [1.29, 1.82) is 0 Å². The molecule has 0 aliphatic rings. The number of hydrogen-bond acceptors (Lipinski definition) is 4. The predicted molar refractivity (Wildman–Crippen MR) is 71.3 cm³/mol. The van der Waals surface area contributed by atoms with Crippen LogP contribution in [0.4, 0.5) is 0 Å². The highest BCUT2D eigenvalue weighted by molar-refractivity contribution is 5.94. The third-order valence-corrected chi connectivity index (χ3v) is 2.85. The molecule has 6 heteroatoms. The number of nitrogens with one attached hydrogen (secondary N) is 1. The Morgan fingerprint density at radius 3 is 2.40 bits per heavy atom. The van der Waals surface area contributed by atoms with Crippen molar-refractivity contribution < 1.29 is 18.4 Å². The first-order valence-electron chi connectivity index (χ1n) is 6.26. The second kappa shape index (κ2) is 6.60. The summed E-state index contributed by atoms with van der Waals surface area (Å²) in [4.78, 5) is 25.1. The molecule has 0 unspecified atom stereocenters. The van der Waals surface area contributed by atoms with Gasteiger partial charge in [0.15, 0.2) is 0 Å². The molecule has 0 radical (unpaired) electrons. The number of nitrogens with zero attached hydrogens (tertiary/aromatic N) is 1. The number of carbonyl (C=O) groups excluding carboxylic acids is 2. The molecule has 2 amide bonds. The lowest BCUT2D eigenvalue weighted by molar-refractivity contribution is 0.0792. The molecule has 1 N–H and O–H groups in total. The summed E-state index contributed by atoms with van der Waals surface area (Å²) in [7, 11) is 1.72. The summed E-state index contributed by atoms with van der Waals surface area (Å²) in [6.07, 6.45) is 6.39. The summed E-state index contributed by atoms with van der Waals surface area (Å²) < 4.78 is 9.70. The first kappa shape index (κ1) is 13.9. The number of hydrogen-bond donors (Lipinski definition) is 1. The Morgan fingerprint density at radius 1 is 1.15 bits per heavy atom. The summed E-state index contributed by atoms with van der Waals surface area (Å²) in [5.74, 6) is -0.275. The smallest absolute Gasteiger partial charge is 0.256 e. The zero-order valence-corrected chi connectivity index (χ0v) is 11.2. The van der Waals surface area contributed by atoms with Crippen LogP contribution >= 0.6 is 0 Å². The van der Waals surface area contributed by atoms with Gasteiger partial charge in [-0.05, 0) is 18.6 Å². The van der Waals surface area contributed by atoms with Gasteiger partial charge >= 0.3 is 0 Å². The van der Waals surface area contributed by atoms with E-state index in [0.29, 0.717) is 30.6 Å². The Labute approximate surface area is 116 Å². The van der Waals surface area contributed by atoms with Crippen LogP contribution in [0.25, 0.3) is 0 Å². The van der Waals surface area contributed by atoms with E-state index in [1.165, 1.54) is 25.1 Å². The highest BCUT2D eigenvalue weighted by Crippen LogP contribution is 2.04. The Bertz CT molecular complexity index is 546. The van der Waals surface area contributed by atoms with E-state index in [2.05, 4.69) is 5.32 Å². The fourth-order valence-electron chi connectivity index (χ4n) is 1.72. The predicted octanol–water partition coefficient (Wildman–Crippen LogP) is 1.76. The molecule has 2 aromatic rings. The highest BCUT2D eigenvalue weighted by Gasteiger charge is 2.12. The quantitative estimate of drug-likeness (QED) is 0.816. The van der Waals surface area contributed by atoms with Crippen LogP contribution in [0.15, 0.2) is 46.0 Å². The molecule has 0 bridgehead atoms. The molecular formula is C14H16N2O4. The first-order chi connectivity index (χ1) is 9.68. The van der Waals surface area contributed by atoms with Crippen LogP contribution in [-0.2, 0) is 0 Å². The van der Waals surface area contributed by atoms with E-state index >= 15 is 0 Å². The monoisotopic (exact) mass is 276 g/mol. The maximum Gasteiger partial charge on any atom is 0.256 e. The molecule has 6 nitrogen and oxygen atoms in total. The molecule has 2 rings (SSSR count). The van der Waals surface area contributed by atoms with Crippen molar-refractivity contribution in [3.05, 3.63) is 48.3 Å². The van der Waals surface area contributed by atoms with E-state index in [1.54, 1.807) is 24.1 Å². The van der Waals surface area contributed by atoms with Crippen molar-refractivity contribution in [3.8, 4) is 0 Å². The molecular weight excluding hydrogens is 260 g/mol. The Hall–Kier alpha value is -2.50. The molecule has 0 saturated carbocycles. The largest absolute Gasteiger partial charge is 0.472 e. The van der Waals surface area contributed by atoms with Crippen LogP contribution in [-0.4, -0.2) is 36.9 Å². The third-order valence-electron chi connectivity index (χ3n) is 2.85. The van der Waals surface area contributed by atoms with Crippen molar-refractivity contribution in [2.45, 2.75) is 6.42 Å². The molecule has 0 atom stereocenters. The number of rotatable bonds is 6. The van der Waals surface area contributed by atoms with Gasteiger partial charge in [0, 0.05) is 20.1 Å². The topological polar surface area (TPSA) is 75.7 Å². The van der Waals surface area contributed by atoms with Gasteiger partial charge in [-0.2, -0.15) is 0 Å². The van der Waals surface area contributed by atoms with Crippen molar-refractivity contribution in [2.75, 3.05) is 20.1 Å². The van der Waals surface area contributed by atoms with Crippen LogP contribution in [0.5, 0.6) is 0 Å². The fraction of sp³-hybridized carbons (Fsp3) is 0.286. The SMILES string of the molecule is CN(CCCNC(=O)c1ccoc1)C(=O)c1ccoc1. The minimum Gasteiger partial charge on any atom is -0.472 e. The van der Waals surface area contributed by atoms with E-state index in [0.717, 1.165) is 0 Å². The maximum atomic E-state index is 11.9. The molecule has 0 spiro atoms. The van der Waals surface area contributed by atoms with Gasteiger partial charge in [0.25, 0.3) is 11.8 Å². The van der Waals surface area contributed by atoms with Gasteiger partial charge in [-0.1, -0.05) is 0 Å². The summed E-state index contributed by atoms with van der Waals surface area (Å²) in [5.41, 5.74) is 1.02. The molecule has 20 heavy (non-hydrogen) atoms. The van der Waals surface area contributed by atoms with Crippen LogP contribution in [0.3, 0.4) is 0 Å². The first-order valence-corrected chi connectivity index (χ1v) is 6.26. The van der Waals surface area contributed by atoms with Gasteiger partial charge in [-0.3, -0.25) is 9.59 Å². The van der Waals surface area contributed by atoms with Gasteiger partial charge in [0.05, 0.1) is 23.7 Å². The molecule has 0 aliphatic heterocycles. The Balaban J connectivity index is 1.68. The number of furan rings is 2. The van der Waals surface area contributed by atoms with Crippen LogP contribution in [0, 0.1) is 0 Å². The zero-order valence-electron chi connectivity index (χ0n) is 11.2. The molecule has 2 aromatic heterocycles. The molecule has 106 valence electrons. The average Bonchev–Trinajstić information content (AvgIpc) is 3.14. The summed E-state index contributed by atoms with van der Waals surface area (Å²) >= 11 is 0. The second-order valence-electron chi connectivity index (χ2n) is 4.36. The Kier molecular flexibility index (Phi) is 4.60. The minimum absolute atomic E-state index is 0.0973. The summed E-state index contributed by atoms with van der Waals surface area (Å²) in [5, 5.41) is 2.76. The van der Waals surface area contributed by atoms with Gasteiger partial charge < -0.3 is 19.1 Å². The van der Waals surface area contributed by atoms with Crippen molar-refractivity contribution in [1.82, 2.24) is 10.2 Å². The summed E-state index contributed by atoms with van der Waals surface area (Å²) in [6.45, 7) is 1.04. The van der Waals surface area contributed by atoms with Gasteiger partial charge in [-0.15, -0.1) is 0 Å². The zero-order chi connectivity index (χ0) is 14.4. The van der Waals surface area contributed by atoms with Crippen molar-refractivity contribution in [3.63, 3.8) is 0 Å². The Morgan fingerprint density at radius 2 is 1.80 bits per heavy atom. The molecule has 0 aromatic carbocycles. The van der Waals surface area contributed by atoms with E-state index in [-0.39, 0.29) is 11.8 Å². The number of amides is 2. The maximum absolute atomic E-state index is 11.9. The van der Waals surface area contributed by atoms with Crippen molar-refractivity contribution >= 4 is 11.8 Å². The van der Waals surface area contributed by atoms with E-state index < -0.39 is 0 Å². The molecule has 0 saturated heterocycles. The van der Waals surface area contributed by atoms with Crippen LogP contribution in [0.1, 0.15) is 27.1 Å². The van der Waals surface area contributed by atoms with Gasteiger partial charge in [0.1, 0.15) is 12.5 Å². The number of carbonyl (C=O) groups is 2. The van der Waals surface area contributed by atoms with Crippen molar-refractivity contribution in [2.24, 2.45) is 0 Å². The molecule has 0 fully saturated rings. The van der Waals surface area contributed by atoms with E-state index in [1.807, 2.05) is 0 Å². The van der Waals surface area contributed by atoms with Gasteiger partial charge in [-0.25, -0.2) is 0 Å². The lowest BCUT2D eigenvalue weighted by Crippen LogP contribution is -2.31. The molecule has 2 heterocycles. The van der Waals surface area contributed by atoms with E-state index in [4.69, 9.17) is 8.83 Å². The lowest BCUT2D eigenvalue weighted by Gasteiger charge is -2.16. The second-order valence-corrected chi connectivity index (χ2v) is 4.36. The van der Waals surface area contributed by atoms with Crippen LogP contribution in [0.2, 0.25) is 0 Å². The highest BCUT2D eigenvalue weighted by atomic mass is 16.3.